The van der Waals surface area contributed by atoms with E-state index >= 15 is 0 Å². The lowest BCUT2D eigenvalue weighted by atomic mass is 10.3. The molecular weight excluding hydrogens is 218 g/mol. The van der Waals surface area contributed by atoms with Gasteiger partial charge in [0.05, 0.1) is 26.2 Å². The fraction of sp³-hybridized carbons (Fsp3) is 1.00. The Morgan fingerprint density at radius 1 is 0.882 bits per heavy atom. The molecule has 0 radical (unpaired) electrons. The minimum atomic E-state index is -0.167. The highest BCUT2D eigenvalue weighted by Gasteiger charge is 2.16. The molecule has 0 heterocycles. The first-order valence-electron chi connectivity index (χ1n) is 6.32. The van der Waals surface area contributed by atoms with Crippen molar-refractivity contribution in [3.05, 3.63) is 0 Å². The zero-order chi connectivity index (χ0) is 13.6. The Morgan fingerprint density at radius 3 is 1.00 bits per heavy atom. The molecule has 0 amide bonds. The van der Waals surface area contributed by atoms with Gasteiger partial charge in [0.2, 0.25) is 0 Å². The van der Waals surface area contributed by atoms with Crippen LogP contribution in [0.1, 0.15) is 41.5 Å². The molecule has 4 nitrogen and oxygen atoms in total. The summed E-state index contributed by atoms with van der Waals surface area (Å²) in [5.74, 6) is 0. The second-order valence-corrected chi connectivity index (χ2v) is 4.11. The number of hydrogen-bond acceptors (Lipinski definition) is 3. The maximum absolute atomic E-state index is 8.06. The number of methoxy groups -OCH3 is 1. The Labute approximate surface area is 108 Å². The molecule has 17 heavy (non-hydrogen) atoms. The molecule has 110 valence electrons. The van der Waals surface area contributed by atoms with Gasteiger partial charge in [0.15, 0.2) is 0 Å². The largest absolute Gasteiger partial charge is 0.870 e. The first-order chi connectivity index (χ1) is 7.39. The van der Waals surface area contributed by atoms with Crippen LogP contribution in [0, 0.1) is 0 Å². The van der Waals surface area contributed by atoms with Gasteiger partial charge in [-0.25, -0.2) is 0 Å². The molecule has 0 atom stereocenters. The van der Waals surface area contributed by atoms with E-state index in [-0.39, 0.29) is 11.6 Å². The van der Waals surface area contributed by atoms with Gasteiger partial charge in [-0.05, 0) is 41.5 Å². The van der Waals surface area contributed by atoms with Crippen molar-refractivity contribution in [3.63, 3.8) is 0 Å². The standard InChI is InChI=1S/C8H20N.C3H8O.C2H6O.H2O/c1-5-9(6-2,7-3)8-4;1-3(2)4;1-3-2;/h5-8H2,1-4H3;3-4H,1-2H3;1-2H3;1H2/q+1;;;/p-1. The summed E-state index contributed by atoms with van der Waals surface area (Å²) in [7, 11) is 3.25. The molecule has 0 unspecified atom stereocenters. The summed E-state index contributed by atoms with van der Waals surface area (Å²) >= 11 is 0. The zero-order valence-electron chi connectivity index (χ0n) is 13.2. The zero-order valence-corrected chi connectivity index (χ0v) is 13.2. The van der Waals surface area contributed by atoms with E-state index in [0.717, 1.165) is 0 Å². The van der Waals surface area contributed by atoms with Crippen molar-refractivity contribution in [1.29, 1.82) is 0 Å². The summed E-state index contributed by atoms with van der Waals surface area (Å²) in [6, 6.07) is 0. The molecule has 0 spiro atoms. The van der Waals surface area contributed by atoms with Crippen molar-refractivity contribution < 1.29 is 19.8 Å². The quantitative estimate of drug-likeness (QED) is 0.782. The topological polar surface area (TPSA) is 59.5 Å². The second-order valence-electron chi connectivity index (χ2n) is 4.11. The highest BCUT2D eigenvalue weighted by Crippen LogP contribution is 2.03. The number of hydrogen-bond donors (Lipinski definition) is 1. The molecule has 0 aromatic carbocycles. The van der Waals surface area contributed by atoms with Crippen LogP contribution in [0.3, 0.4) is 0 Å². The third-order valence-corrected chi connectivity index (χ3v) is 2.68. The van der Waals surface area contributed by atoms with E-state index in [9.17, 15) is 0 Å². The summed E-state index contributed by atoms with van der Waals surface area (Å²) in [5, 5.41) is 8.06. The second kappa shape index (κ2) is 18.2. The van der Waals surface area contributed by atoms with Crippen molar-refractivity contribution in [2.24, 2.45) is 0 Å². The SMILES string of the molecule is CC(C)O.CC[N+](CC)(CC)CC.COC.[OH-]. The molecule has 0 aliphatic carbocycles. The molecule has 0 saturated heterocycles. The summed E-state index contributed by atoms with van der Waals surface area (Å²) in [6.07, 6.45) is -0.167. The third-order valence-electron chi connectivity index (χ3n) is 2.68. The molecule has 2 N–H and O–H groups in total. The molecule has 0 aliphatic rings. The fourth-order valence-corrected chi connectivity index (χ4v) is 1.34. The number of aliphatic hydroxyl groups excluding tert-OH is 1. The Morgan fingerprint density at radius 2 is 1.00 bits per heavy atom. The minimum absolute atomic E-state index is 0. The highest BCUT2D eigenvalue weighted by atomic mass is 16.4. The summed E-state index contributed by atoms with van der Waals surface area (Å²) in [5.41, 5.74) is 0. The van der Waals surface area contributed by atoms with Gasteiger partial charge in [0, 0.05) is 20.3 Å². The van der Waals surface area contributed by atoms with Crippen molar-refractivity contribution in [2.45, 2.75) is 47.6 Å². The van der Waals surface area contributed by atoms with Crippen LogP contribution in [-0.2, 0) is 4.74 Å². The molecule has 0 aromatic heterocycles. The highest BCUT2D eigenvalue weighted by molar-refractivity contribution is 4.31. The average molecular weight is 253 g/mol. The van der Waals surface area contributed by atoms with Gasteiger partial charge in [-0.15, -0.1) is 0 Å². The fourth-order valence-electron chi connectivity index (χ4n) is 1.34. The lowest BCUT2D eigenvalue weighted by Gasteiger charge is -2.34. The number of ether oxygens (including phenoxy) is 1. The van der Waals surface area contributed by atoms with Gasteiger partial charge >= 0.3 is 0 Å². The van der Waals surface area contributed by atoms with Crippen LogP contribution in [0.2, 0.25) is 0 Å². The van der Waals surface area contributed by atoms with Gasteiger partial charge in [0.25, 0.3) is 0 Å². The lowest BCUT2D eigenvalue weighted by molar-refractivity contribution is -0.921. The lowest BCUT2D eigenvalue weighted by Crippen LogP contribution is -2.47. The number of rotatable bonds is 4. The van der Waals surface area contributed by atoms with Crippen LogP contribution in [0.15, 0.2) is 0 Å². The number of aliphatic hydroxyl groups is 1. The summed E-state index contributed by atoms with van der Waals surface area (Å²) in [6.45, 7) is 17.7. The van der Waals surface area contributed by atoms with E-state index in [1.807, 2.05) is 0 Å². The van der Waals surface area contributed by atoms with Crippen LogP contribution in [0.5, 0.6) is 0 Å². The summed E-state index contributed by atoms with van der Waals surface area (Å²) < 4.78 is 5.53. The van der Waals surface area contributed by atoms with Gasteiger partial charge in [-0.1, -0.05) is 0 Å². The van der Waals surface area contributed by atoms with E-state index in [2.05, 4.69) is 32.4 Å². The Bertz CT molecular complexity index is 95.0. The van der Waals surface area contributed by atoms with E-state index in [1.54, 1.807) is 28.1 Å². The normalized spacial score (nSPS) is 9.53. The molecule has 0 fully saturated rings. The van der Waals surface area contributed by atoms with Crippen LogP contribution in [0.25, 0.3) is 0 Å². The van der Waals surface area contributed by atoms with Gasteiger partial charge in [-0.2, -0.15) is 0 Å². The first kappa shape index (κ1) is 25.6. The van der Waals surface area contributed by atoms with Crippen molar-refractivity contribution in [2.75, 3.05) is 40.4 Å². The maximum Gasteiger partial charge on any atom is 0.0757 e. The van der Waals surface area contributed by atoms with E-state index in [0.29, 0.717) is 0 Å². The monoisotopic (exact) mass is 253 g/mol. The predicted octanol–water partition coefficient (Wildman–Crippen LogP) is 2.36. The maximum atomic E-state index is 8.06. The van der Waals surface area contributed by atoms with Crippen LogP contribution >= 0.6 is 0 Å². The molecule has 4 heteroatoms. The average Bonchev–Trinajstić information content (AvgIpc) is 2.22. The first-order valence-corrected chi connectivity index (χ1v) is 6.32. The summed E-state index contributed by atoms with van der Waals surface area (Å²) in [4.78, 5) is 0. The number of nitrogens with zero attached hydrogens (tertiary/aromatic N) is 1. The van der Waals surface area contributed by atoms with Crippen molar-refractivity contribution in [3.8, 4) is 0 Å². The Balaban J connectivity index is -0.0000000893. The van der Waals surface area contributed by atoms with E-state index in [4.69, 9.17) is 5.11 Å². The van der Waals surface area contributed by atoms with E-state index < -0.39 is 0 Å². The van der Waals surface area contributed by atoms with Gasteiger partial charge in [-0.3, -0.25) is 0 Å². The molecular formula is C13H35NO3. The predicted molar refractivity (Wildman–Crippen MR) is 74.6 cm³/mol. The molecule has 0 aliphatic heterocycles. The van der Waals surface area contributed by atoms with Crippen LogP contribution in [0.4, 0.5) is 0 Å². The molecule has 0 aromatic rings. The third kappa shape index (κ3) is 21.6. The van der Waals surface area contributed by atoms with Crippen molar-refractivity contribution in [1.82, 2.24) is 0 Å². The van der Waals surface area contributed by atoms with E-state index in [1.165, 1.54) is 30.7 Å². The molecule has 0 saturated carbocycles. The smallest absolute Gasteiger partial charge is 0.0757 e. The molecule has 0 rings (SSSR count). The van der Waals surface area contributed by atoms with Crippen molar-refractivity contribution >= 4 is 0 Å². The Hall–Kier alpha value is -0.160. The van der Waals surface area contributed by atoms with Gasteiger partial charge < -0.3 is 19.8 Å². The van der Waals surface area contributed by atoms with Crippen LogP contribution in [-0.4, -0.2) is 61.6 Å². The number of quaternary nitrogens is 1. The Kier molecular flexibility index (Phi) is 27.5. The van der Waals surface area contributed by atoms with Gasteiger partial charge in [0.1, 0.15) is 0 Å². The minimum Gasteiger partial charge on any atom is -0.870 e. The molecule has 0 bridgehead atoms. The van der Waals surface area contributed by atoms with Crippen LogP contribution < -0.4 is 0 Å².